The first-order chi connectivity index (χ1) is 9.19. The minimum Gasteiger partial charge on any atom is -0.480 e. The molecular formula is C12H12N4O3. The highest BCUT2D eigenvalue weighted by Crippen LogP contribution is 2.28. The van der Waals surface area contributed by atoms with Crippen LogP contribution < -0.4 is 15.2 Å². The predicted octanol–water partition coefficient (Wildman–Crippen LogP) is 0.951. The molecule has 0 amide bonds. The van der Waals surface area contributed by atoms with Crippen molar-refractivity contribution in [1.82, 2.24) is 15.0 Å². The molecular weight excluding hydrogens is 248 g/mol. The lowest BCUT2D eigenvalue weighted by Crippen LogP contribution is -2.01. The van der Waals surface area contributed by atoms with Gasteiger partial charge < -0.3 is 15.2 Å². The monoisotopic (exact) mass is 260 g/mol. The predicted molar refractivity (Wildman–Crippen MR) is 68.2 cm³/mol. The molecule has 0 unspecified atom stereocenters. The van der Waals surface area contributed by atoms with Crippen LogP contribution >= 0.6 is 0 Å². The number of rotatable bonds is 4. The number of methoxy groups -OCH3 is 2. The quantitative estimate of drug-likeness (QED) is 0.817. The standard InChI is InChI=1S/C12H12N4O3/c1-18-11-7(5-14-12(16-11)19-2)9-4-3-8(13)10(6-17)15-9/h3-6H,13H2,1-2H3. The summed E-state index contributed by atoms with van der Waals surface area (Å²) in [6.45, 7) is 0. The summed E-state index contributed by atoms with van der Waals surface area (Å²) in [4.78, 5) is 23.0. The van der Waals surface area contributed by atoms with Crippen molar-refractivity contribution < 1.29 is 14.3 Å². The Hall–Kier alpha value is -2.70. The molecule has 0 saturated carbocycles. The zero-order chi connectivity index (χ0) is 13.8. The van der Waals surface area contributed by atoms with Crippen LogP contribution in [-0.4, -0.2) is 35.5 Å². The molecule has 0 aliphatic heterocycles. The van der Waals surface area contributed by atoms with Crippen molar-refractivity contribution in [3.8, 4) is 23.1 Å². The van der Waals surface area contributed by atoms with Gasteiger partial charge in [-0.15, -0.1) is 0 Å². The number of carbonyl (C=O) groups is 1. The van der Waals surface area contributed by atoms with Crippen LogP contribution in [0.1, 0.15) is 10.5 Å². The molecule has 0 saturated heterocycles. The fourth-order valence-electron chi connectivity index (χ4n) is 1.51. The largest absolute Gasteiger partial charge is 0.480 e. The Bertz CT molecular complexity index is 616. The molecule has 2 aromatic heterocycles. The number of carbonyl (C=O) groups excluding carboxylic acids is 1. The van der Waals surface area contributed by atoms with Crippen molar-refractivity contribution in [1.29, 1.82) is 0 Å². The third-order valence-electron chi connectivity index (χ3n) is 2.45. The van der Waals surface area contributed by atoms with Gasteiger partial charge in [0.2, 0.25) is 5.88 Å². The summed E-state index contributed by atoms with van der Waals surface area (Å²) >= 11 is 0. The summed E-state index contributed by atoms with van der Waals surface area (Å²) in [5.41, 5.74) is 7.14. The van der Waals surface area contributed by atoms with Crippen molar-refractivity contribution in [2.45, 2.75) is 0 Å². The van der Waals surface area contributed by atoms with E-state index in [1.165, 1.54) is 20.4 Å². The highest BCUT2D eigenvalue weighted by Gasteiger charge is 2.13. The molecule has 0 aliphatic rings. The molecule has 2 N–H and O–H groups in total. The Morgan fingerprint density at radius 2 is 2.00 bits per heavy atom. The highest BCUT2D eigenvalue weighted by molar-refractivity contribution is 5.82. The average Bonchev–Trinajstić information content (AvgIpc) is 2.47. The van der Waals surface area contributed by atoms with E-state index in [0.717, 1.165) is 0 Å². The Morgan fingerprint density at radius 1 is 1.21 bits per heavy atom. The minimum absolute atomic E-state index is 0.162. The number of nitrogens with two attached hydrogens (primary N) is 1. The topological polar surface area (TPSA) is 100 Å². The molecule has 2 rings (SSSR count). The van der Waals surface area contributed by atoms with Crippen LogP contribution in [0, 0.1) is 0 Å². The molecule has 2 aromatic rings. The highest BCUT2D eigenvalue weighted by atomic mass is 16.5. The number of anilines is 1. The molecule has 0 radical (unpaired) electrons. The van der Waals surface area contributed by atoms with Gasteiger partial charge >= 0.3 is 6.01 Å². The Morgan fingerprint density at radius 3 is 2.63 bits per heavy atom. The average molecular weight is 260 g/mol. The number of aromatic nitrogens is 3. The zero-order valence-corrected chi connectivity index (χ0v) is 10.5. The lowest BCUT2D eigenvalue weighted by molar-refractivity contribution is 0.112. The second kappa shape index (κ2) is 5.30. The van der Waals surface area contributed by atoms with Crippen LogP contribution in [0.5, 0.6) is 11.9 Å². The van der Waals surface area contributed by atoms with Crippen molar-refractivity contribution >= 4 is 12.0 Å². The van der Waals surface area contributed by atoms with Gasteiger partial charge in [0.1, 0.15) is 5.69 Å². The zero-order valence-electron chi connectivity index (χ0n) is 10.5. The third-order valence-corrected chi connectivity index (χ3v) is 2.45. The van der Waals surface area contributed by atoms with E-state index in [2.05, 4.69) is 15.0 Å². The van der Waals surface area contributed by atoms with E-state index in [9.17, 15) is 4.79 Å². The number of hydrogen-bond donors (Lipinski definition) is 1. The van der Waals surface area contributed by atoms with Gasteiger partial charge in [0.05, 0.1) is 31.2 Å². The molecule has 2 heterocycles. The fourth-order valence-corrected chi connectivity index (χ4v) is 1.51. The lowest BCUT2D eigenvalue weighted by Gasteiger charge is -2.08. The maximum Gasteiger partial charge on any atom is 0.319 e. The van der Waals surface area contributed by atoms with Crippen LogP contribution in [0.4, 0.5) is 5.69 Å². The van der Waals surface area contributed by atoms with Crippen LogP contribution in [0.2, 0.25) is 0 Å². The maximum absolute atomic E-state index is 10.8. The Labute approximate surface area is 109 Å². The molecule has 7 heteroatoms. The van der Waals surface area contributed by atoms with Crippen LogP contribution in [0.25, 0.3) is 11.3 Å². The van der Waals surface area contributed by atoms with E-state index in [1.807, 2.05) is 0 Å². The van der Waals surface area contributed by atoms with E-state index in [1.54, 1.807) is 12.1 Å². The molecule has 0 fully saturated rings. The van der Waals surface area contributed by atoms with Gasteiger partial charge in [0.15, 0.2) is 6.29 Å². The molecule has 19 heavy (non-hydrogen) atoms. The summed E-state index contributed by atoms with van der Waals surface area (Å²) in [5.74, 6) is 0.306. The van der Waals surface area contributed by atoms with Gasteiger partial charge in [-0.2, -0.15) is 4.98 Å². The molecule has 0 bridgehead atoms. The van der Waals surface area contributed by atoms with Gasteiger partial charge in [-0.3, -0.25) is 4.79 Å². The smallest absolute Gasteiger partial charge is 0.319 e. The van der Waals surface area contributed by atoms with E-state index in [0.29, 0.717) is 29.1 Å². The number of nitrogens with zero attached hydrogens (tertiary/aromatic N) is 3. The van der Waals surface area contributed by atoms with E-state index in [4.69, 9.17) is 15.2 Å². The van der Waals surface area contributed by atoms with Gasteiger partial charge in [-0.05, 0) is 12.1 Å². The third kappa shape index (κ3) is 2.44. The lowest BCUT2D eigenvalue weighted by atomic mass is 10.2. The summed E-state index contributed by atoms with van der Waals surface area (Å²) < 4.78 is 10.1. The van der Waals surface area contributed by atoms with Gasteiger partial charge in [-0.1, -0.05) is 0 Å². The molecule has 0 spiro atoms. The fraction of sp³-hybridized carbons (Fsp3) is 0.167. The van der Waals surface area contributed by atoms with Crippen molar-refractivity contribution in [3.63, 3.8) is 0 Å². The number of aldehydes is 1. The summed E-state index contributed by atoms with van der Waals surface area (Å²) in [6.07, 6.45) is 2.10. The van der Waals surface area contributed by atoms with Gasteiger partial charge in [0, 0.05) is 6.20 Å². The van der Waals surface area contributed by atoms with E-state index >= 15 is 0 Å². The van der Waals surface area contributed by atoms with Gasteiger partial charge in [-0.25, -0.2) is 9.97 Å². The molecule has 0 aromatic carbocycles. The molecule has 98 valence electrons. The van der Waals surface area contributed by atoms with Crippen LogP contribution in [0.3, 0.4) is 0 Å². The first-order valence-corrected chi connectivity index (χ1v) is 5.36. The molecule has 7 nitrogen and oxygen atoms in total. The van der Waals surface area contributed by atoms with Crippen molar-refractivity contribution in [2.75, 3.05) is 20.0 Å². The minimum atomic E-state index is 0.162. The van der Waals surface area contributed by atoms with E-state index < -0.39 is 0 Å². The van der Waals surface area contributed by atoms with E-state index in [-0.39, 0.29) is 11.7 Å². The number of ether oxygens (including phenoxy) is 2. The van der Waals surface area contributed by atoms with Gasteiger partial charge in [0.25, 0.3) is 0 Å². The number of hydrogen-bond acceptors (Lipinski definition) is 7. The number of nitrogen functional groups attached to an aromatic ring is 1. The SMILES string of the molecule is COc1ncc(-c2ccc(N)c(C=O)n2)c(OC)n1. The first kappa shape index (κ1) is 12.7. The Balaban J connectivity index is 2.55. The first-order valence-electron chi connectivity index (χ1n) is 5.36. The molecule has 0 aliphatic carbocycles. The van der Waals surface area contributed by atoms with Crippen molar-refractivity contribution in [3.05, 3.63) is 24.0 Å². The summed E-state index contributed by atoms with van der Waals surface area (Å²) in [6, 6.07) is 3.44. The molecule has 0 atom stereocenters. The van der Waals surface area contributed by atoms with Crippen molar-refractivity contribution in [2.24, 2.45) is 0 Å². The normalized spacial score (nSPS) is 10.0. The number of pyridine rings is 1. The summed E-state index contributed by atoms with van der Waals surface area (Å²) in [7, 11) is 2.93. The Kier molecular flexibility index (Phi) is 3.56. The van der Waals surface area contributed by atoms with Crippen LogP contribution in [0.15, 0.2) is 18.3 Å². The summed E-state index contributed by atoms with van der Waals surface area (Å²) in [5, 5.41) is 0. The second-order valence-electron chi connectivity index (χ2n) is 3.57. The maximum atomic E-state index is 10.8. The van der Waals surface area contributed by atoms with Crippen LogP contribution in [-0.2, 0) is 0 Å². The second-order valence-corrected chi connectivity index (χ2v) is 3.57.